The molecule has 7 heteroatoms. The Morgan fingerprint density at radius 2 is 2.11 bits per heavy atom. The third-order valence-corrected chi connectivity index (χ3v) is 6.44. The smallest absolute Gasteiger partial charge is 0.257 e. The second-order valence-corrected chi connectivity index (χ2v) is 8.53. The molecular formula is C21H19BrN4O2. The van der Waals surface area contributed by atoms with E-state index in [-0.39, 0.29) is 11.3 Å². The lowest BCUT2D eigenvalue weighted by Gasteiger charge is -2.24. The van der Waals surface area contributed by atoms with E-state index in [2.05, 4.69) is 26.1 Å². The fourth-order valence-electron chi connectivity index (χ4n) is 4.64. The maximum atomic E-state index is 13.0. The van der Waals surface area contributed by atoms with Gasteiger partial charge in [0.15, 0.2) is 5.82 Å². The van der Waals surface area contributed by atoms with Crippen LogP contribution in [-0.4, -0.2) is 39.0 Å². The number of benzene rings is 1. The number of carbonyl (C=O) groups excluding carboxylic acids is 1. The van der Waals surface area contributed by atoms with Crippen LogP contribution in [0.15, 0.2) is 57.8 Å². The van der Waals surface area contributed by atoms with E-state index in [4.69, 9.17) is 9.51 Å². The third-order valence-electron chi connectivity index (χ3n) is 6.00. The van der Waals surface area contributed by atoms with Crippen LogP contribution < -0.4 is 0 Å². The van der Waals surface area contributed by atoms with Crippen molar-refractivity contribution in [3.8, 4) is 11.5 Å². The number of pyridine rings is 1. The first-order valence-corrected chi connectivity index (χ1v) is 10.2. The van der Waals surface area contributed by atoms with Crippen LogP contribution in [0.4, 0.5) is 0 Å². The molecule has 142 valence electrons. The highest BCUT2D eigenvalue weighted by molar-refractivity contribution is 9.10. The van der Waals surface area contributed by atoms with E-state index in [0.29, 0.717) is 23.9 Å². The summed E-state index contributed by atoms with van der Waals surface area (Å²) in [6.07, 6.45) is 6.49. The summed E-state index contributed by atoms with van der Waals surface area (Å²) >= 11 is 3.39. The van der Waals surface area contributed by atoms with Crippen molar-refractivity contribution in [2.75, 3.05) is 13.1 Å². The monoisotopic (exact) mass is 438 g/mol. The van der Waals surface area contributed by atoms with Crippen LogP contribution in [0.5, 0.6) is 0 Å². The largest absolute Gasteiger partial charge is 0.337 e. The van der Waals surface area contributed by atoms with Gasteiger partial charge >= 0.3 is 0 Å². The van der Waals surface area contributed by atoms with E-state index in [1.165, 1.54) is 0 Å². The normalized spacial score (nSPS) is 23.8. The molecule has 1 aliphatic carbocycles. The van der Waals surface area contributed by atoms with Gasteiger partial charge in [0, 0.05) is 35.5 Å². The van der Waals surface area contributed by atoms with Crippen LogP contribution in [0.2, 0.25) is 0 Å². The third kappa shape index (κ3) is 2.85. The molecule has 1 saturated heterocycles. The maximum Gasteiger partial charge on any atom is 0.257 e. The molecule has 2 fully saturated rings. The van der Waals surface area contributed by atoms with E-state index in [0.717, 1.165) is 41.7 Å². The minimum Gasteiger partial charge on any atom is -0.337 e. The first-order valence-electron chi connectivity index (χ1n) is 9.45. The first kappa shape index (κ1) is 17.6. The molecule has 0 bridgehead atoms. The molecule has 0 radical (unpaired) electrons. The molecule has 3 heterocycles. The number of hydrogen-bond donors (Lipinski definition) is 0. The van der Waals surface area contributed by atoms with Gasteiger partial charge in [-0.25, -0.2) is 0 Å². The van der Waals surface area contributed by atoms with Crippen LogP contribution in [0, 0.1) is 5.92 Å². The second kappa shape index (κ2) is 6.81. The average molecular weight is 439 g/mol. The molecule has 2 aliphatic rings. The van der Waals surface area contributed by atoms with Gasteiger partial charge in [-0.2, -0.15) is 4.98 Å². The van der Waals surface area contributed by atoms with E-state index in [9.17, 15) is 4.79 Å². The molecule has 5 rings (SSSR count). The van der Waals surface area contributed by atoms with Gasteiger partial charge in [0.2, 0.25) is 0 Å². The summed E-state index contributed by atoms with van der Waals surface area (Å²) in [4.78, 5) is 23.8. The van der Waals surface area contributed by atoms with Crippen molar-refractivity contribution in [2.45, 2.75) is 24.7 Å². The second-order valence-electron chi connectivity index (χ2n) is 7.61. The highest BCUT2D eigenvalue weighted by atomic mass is 79.9. The predicted molar refractivity (Wildman–Crippen MR) is 107 cm³/mol. The van der Waals surface area contributed by atoms with Crippen molar-refractivity contribution in [1.29, 1.82) is 0 Å². The molecule has 0 unspecified atom stereocenters. The average Bonchev–Trinajstić information content (AvgIpc) is 3.42. The van der Waals surface area contributed by atoms with Crippen molar-refractivity contribution in [2.24, 2.45) is 5.92 Å². The molecule has 6 nitrogen and oxygen atoms in total. The zero-order chi connectivity index (χ0) is 19.1. The minimum atomic E-state index is -0.217. The summed E-state index contributed by atoms with van der Waals surface area (Å²) in [6, 6.07) is 11.6. The molecule has 1 amide bonds. The summed E-state index contributed by atoms with van der Waals surface area (Å²) in [5.41, 5.74) is 1.30. The number of amides is 1. The first-order chi connectivity index (χ1) is 13.7. The topological polar surface area (TPSA) is 72.1 Å². The van der Waals surface area contributed by atoms with Crippen LogP contribution >= 0.6 is 15.9 Å². The summed E-state index contributed by atoms with van der Waals surface area (Å²) in [6.45, 7) is 1.34. The van der Waals surface area contributed by atoms with Crippen molar-refractivity contribution in [1.82, 2.24) is 20.0 Å². The lowest BCUT2D eigenvalue weighted by atomic mass is 9.80. The van der Waals surface area contributed by atoms with Gasteiger partial charge in [0.25, 0.3) is 11.8 Å². The summed E-state index contributed by atoms with van der Waals surface area (Å²) in [5.74, 6) is 1.64. The van der Waals surface area contributed by atoms with Crippen molar-refractivity contribution in [3.63, 3.8) is 0 Å². The summed E-state index contributed by atoms with van der Waals surface area (Å²) in [7, 11) is 0. The van der Waals surface area contributed by atoms with E-state index in [1.807, 2.05) is 41.3 Å². The number of hydrogen-bond acceptors (Lipinski definition) is 5. The number of halogens is 1. The SMILES string of the molecule is O=C(c1cncc(Br)c1)N1C[C@H]2CCC[C@@]2(c2noc(-c3ccccc3)n2)C1. The van der Waals surface area contributed by atoms with Gasteiger partial charge in [-0.15, -0.1) is 0 Å². The standard InChI is InChI=1S/C21H19BrN4O2/c22-17-9-15(10-23-11-17)19(27)26-12-16-7-4-8-21(16,13-26)20-24-18(28-25-20)14-5-2-1-3-6-14/h1-3,5-6,9-11,16H,4,7-8,12-13H2/t16-,21-/m1/s1. The fraction of sp³-hybridized carbons (Fsp3) is 0.333. The Morgan fingerprint density at radius 1 is 1.25 bits per heavy atom. The van der Waals surface area contributed by atoms with E-state index in [1.54, 1.807) is 12.4 Å². The zero-order valence-electron chi connectivity index (χ0n) is 15.2. The maximum absolute atomic E-state index is 13.0. The number of carbonyl (C=O) groups is 1. The Kier molecular flexibility index (Phi) is 4.27. The van der Waals surface area contributed by atoms with Crippen molar-refractivity contribution < 1.29 is 9.32 Å². The summed E-state index contributed by atoms with van der Waals surface area (Å²) in [5, 5.41) is 4.34. The van der Waals surface area contributed by atoms with Gasteiger partial charge in [-0.1, -0.05) is 29.8 Å². The Hall–Kier alpha value is -2.54. The lowest BCUT2D eigenvalue weighted by Crippen LogP contribution is -2.35. The van der Waals surface area contributed by atoms with Crippen LogP contribution in [-0.2, 0) is 5.41 Å². The Morgan fingerprint density at radius 3 is 2.93 bits per heavy atom. The van der Waals surface area contributed by atoms with Gasteiger partial charge in [0.05, 0.1) is 11.0 Å². The fourth-order valence-corrected chi connectivity index (χ4v) is 5.01. The van der Waals surface area contributed by atoms with Crippen molar-refractivity contribution >= 4 is 21.8 Å². The van der Waals surface area contributed by atoms with Gasteiger partial charge in [-0.05, 0) is 52.9 Å². The Balaban J connectivity index is 1.44. The number of rotatable bonds is 3. The quantitative estimate of drug-likeness (QED) is 0.615. The van der Waals surface area contributed by atoms with Gasteiger partial charge < -0.3 is 9.42 Å². The van der Waals surface area contributed by atoms with E-state index < -0.39 is 0 Å². The molecule has 0 spiro atoms. The molecule has 2 atom stereocenters. The predicted octanol–water partition coefficient (Wildman–Crippen LogP) is 4.09. The molecule has 28 heavy (non-hydrogen) atoms. The van der Waals surface area contributed by atoms with Crippen LogP contribution in [0.25, 0.3) is 11.5 Å². The number of fused-ring (bicyclic) bond motifs is 1. The highest BCUT2D eigenvalue weighted by Gasteiger charge is 2.54. The van der Waals surface area contributed by atoms with Gasteiger partial charge in [-0.3, -0.25) is 9.78 Å². The molecular weight excluding hydrogens is 420 g/mol. The van der Waals surface area contributed by atoms with Crippen molar-refractivity contribution in [3.05, 3.63) is 64.7 Å². The number of nitrogens with zero attached hydrogens (tertiary/aromatic N) is 4. The molecule has 2 aromatic heterocycles. The molecule has 0 N–H and O–H groups in total. The summed E-state index contributed by atoms with van der Waals surface area (Å²) < 4.78 is 6.39. The molecule has 3 aromatic rings. The van der Waals surface area contributed by atoms with Crippen LogP contribution in [0.1, 0.15) is 35.4 Å². The van der Waals surface area contributed by atoms with Gasteiger partial charge in [0.1, 0.15) is 0 Å². The van der Waals surface area contributed by atoms with E-state index >= 15 is 0 Å². The minimum absolute atomic E-state index is 0.00866. The number of aromatic nitrogens is 3. The number of likely N-dealkylation sites (tertiary alicyclic amines) is 1. The Labute approximate surface area is 171 Å². The Bertz CT molecular complexity index is 1020. The molecule has 1 saturated carbocycles. The van der Waals surface area contributed by atoms with Crippen LogP contribution in [0.3, 0.4) is 0 Å². The molecule has 1 aliphatic heterocycles. The highest BCUT2D eigenvalue weighted by Crippen LogP contribution is 2.50. The molecule has 1 aromatic carbocycles. The lowest BCUT2D eigenvalue weighted by molar-refractivity contribution is 0.0776. The zero-order valence-corrected chi connectivity index (χ0v) is 16.8.